The van der Waals surface area contributed by atoms with Gasteiger partial charge in [-0.1, -0.05) is 54.6 Å². The molecule has 0 heterocycles. The van der Waals surface area contributed by atoms with E-state index < -0.39 is 159 Å². The number of hydrogen-bond donors (Lipinski definition) is 0. The molecule has 0 aliphatic heterocycles. The molecule has 67 heavy (non-hydrogen) atoms. The lowest BCUT2D eigenvalue weighted by atomic mass is 9.12. The van der Waals surface area contributed by atoms with Crippen molar-refractivity contribution in [3.63, 3.8) is 0 Å². The predicted molar refractivity (Wildman–Crippen MR) is 201 cm³/mol. The van der Waals surface area contributed by atoms with E-state index in [4.69, 9.17) is 4.52 Å². The first kappa shape index (κ1) is 49.9. The van der Waals surface area contributed by atoms with Gasteiger partial charge in [0.25, 0.3) is 0 Å². The normalized spacial score (nSPS) is 11.8. The molecule has 0 bridgehead atoms. The van der Waals surface area contributed by atoms with Gasteiger partial charge in [-0.3, -0.25) is 0 Å². The summed E-state index contributed by atoms with van der Waals surface area (Å²) in [5, 5.41) is 3.06. The van der Waals surface area contributed by atoms with Crippen LogP contribution >= 0.6 is 7.49 Å². The number of rotatable bonds is 9. The zero-order chi connectivity index (χ0) is 49.6. The maximum Gasteiger partial charge on any atom is 0.246 e. The molecular weight excluding hydrogens is 973 g/mol. The van der Waals surface area contributed by atoms with Gasteiger partial charge >= 0.3 is 0 Å². The quantitative estimate of drug-likeness (QED) is 0.0461. The van der Waals surface area contributed by atoms with Crippen LogP contribution in [0.4, 0.5) is 92.2 Å². The number of benzene rings is 7. The second kappa shape index (κ2) is 19.0. The summed E-state index contributed by atoms with van der Waals surface area (Å²) in [5.74, 6) is -71.4. The van der Waals surface area contributed by atoms with Crippen LogP contribution in [0.3, 0.4) is 0 Å². The van der Waals surface area contributed by atoms with E-state index in [1.54, 1.807) is 0 Å². The van der Waals surface area contributed by atoms with Crippen LogP contribution in [0, 0.1) is 116 Å². The molecule has 0 unspecified atom stereocenters. The zero-order valence-electron chi connectivity index (χ0n) is 32.2. The maximum atomic E-state index is 15.4. The molecule has 7 aromatic carbocycles. The first-order valence-electron chi connectivity index (χ1n) is 18.1. The van der Waals surface area contributed by atoms with E-state index in [9.17, 15) is 57.1 Å². The molecule has 1 nitrogen and oxygen atoms in total. The van der Waals surface area contributed by atoms with Crippen LogP contribution in [-0.4, -0.2) is 13.0 Å². The average molecular weight is 990 g/mol. The Morgan fingerprint density at radius 1 is 0.269 bits per heavy atom. The summed E-state index contributed by atoms with van der Waals surface area (Å²) in [6.07, 6.45) is -7.22. The van der Waals surface area contributed by atoms with E-state index >= 15 is 35.1 Å². The van der Waals surface area contributed by atoms with Gasteiger partial charge < -0.3 is 0 Å². The minimum atomic E-state index is -7.22. The highest BCUT2D eigenvalue weighted by atomic mass is 31.2. The summed E-state index contributed by atoms with van der Waals surface area (Å²) in [5.41, 5.74) is -14.3. The highest BCUT2D eigenvalue weighted by molar-refractivity contribution is 7.91. The smallest absolute Gasteiger partial charge is 0.215 e. The highest BCUT2D eigenvalue weighted by Crippen LogP contribution is 2.56. The van der Waals surface area contributed by atoms with E-state index in [1.165, 1.54) is 0 Å². The van der Waals surface area contributed by atoms with E-state index in [0.29, 0.717) is 0 Å². The monoisotopic (exact) mass is 990 g/mol. The van der Waals surface area contributed by atoms with Gasteiger partial charge in [0.15, 0.2) is 69.8 Å². The van der Waals surface area contributed by atoms with Gasteiger partial charge in [0, 0.05) is 0 Å². The van der Waals surface area contributed by atoms with Crippen molar-refractivity contribution in [2.24, 2.45) is 0 Å². The fourth-order valence-electron chi connectivity index (χ4n) is 7.53. The fourth-order valence-corrected chi connectivity index (χ4v) is 10.8. The van der Waals surface area contributed by atoms with Crippen LogP contribution in [0.1, 0.15) is 0 Å². The van der Waals surface area contributed by atoms with Crippen molar-refractivity contribution >= 4 is 51.4 Å². The first-order chi connectivity index (χ1) is 31.6. The molecule has 7 rings (SSSR count). The Morgan fingerprint density at radius 3 is 0.597 bits per heavy atom. The Labute approximate surface area is 362 Å². The van der Waals surface area contributed by atoms with Crippen molar-refractivity contribution in [2.45, 2.75) is 0 Å². The van der Waals surface area contributed by atoms with E-state index in [1.807, 2.05) is 91.0 Å². The van der Waals surface area contributed by atoms with Crippen molar-refractivity contribution in [2.75, 3.05) is 6.86 Å². The lowest BCUT2D eigenvalue weighted by molar-refractivity contribution is 0.212. The highest BCUT2D eigenvalue weighted by Gasteiger charge is 2.53. The Bertz CT molecular complexity index is 2550. The van der Waals surface area contributed by atoms with Gasteiger partial charge in [-0.2, -0.15) is 4.52 Å². The topological polar surface area (TPSA) is 9.23 Å². The molecule has 0 amide bonds. The van der Waals surface area contributed by atoms with Crippen LogP contribution in [-0.2, 0) is 4.52 Å². The number of halogens is 21. The van der Waals surface area contributed by atoms with Crippen molar-refractivity contribution in [1.82, 2.24) is 0 Å². The molecular formula is C43H17BF21OP. The van der Waals surface area contributed by atoms with Crippen molar-refractivity contribution < 1.29 is 96.7 Å². The van der Waals surface area contributed by atoms with Gasteiger partial charge in [0.05, 0.1) is 0 Å². The third-order valence-electron chi connectivity index (χ3n) is 10.3. The van der Waals surface area contributed by atoms with E-state index in [0.717, 1.165) is 15.9 Å². The molecule has 0 aromatic heterocycles. The third-order valence-corrected chi connectivity index (χ3v) is 13.9. The Kier molecular flexibility index (Phi) is 14.2. The largest absolute Gasteiger partial charge is 0.246 e. The van der Waals surface area contributed by atoms with E-state index in [-0.39, 0.29) is 0 Å². The summed E-state index contributed by atoms with van der Waals surface area (Å²) in [6.45, 7) is -0.813. The Hall–Kier alpha value is -6.48. The minimum Gasteiger partial charge on any atom is -0.215 e. The van der Waals surface area contributed by atoms with E-state index in [2.05, 4.69) is 0 Å². The molecule has 350 valence electrons. The lowest BCUT2D eigenvalue weighted by Gasteiger charge is -2.44. The van der Waals surface area contributed by atoms with Gasteiger partial charge in [-0.25, -0.2) is 92.2 Å². The predicted octanol–water partition coefficient (Wildman–Crippen LogP) is 9.69. The fraction of sp³-hybridized carbons (Fsp3) is 0.0233. The Morgan fingerprint density at radius 2 is 0.433 bits per heavy atom. The molecule has 0 N–H and O–H groups in total. The first-order valence-corrected chi connectivity index (χ1v) is 19.8. The van der Waals surface area contributed by atoms with Crippen molar-refractivity contribution in [1.29, 1.82) is 0 Å². The molecule has 0 saturated heterocycles. The second-order valence-electron chi connectivity index (χ2n) is 13.7. The van der Waals surface area contributed by atoms with Gasteiger partial charge in [0.2, 0.25) is 14.4 Å². The molecule has 0 saturated carbocycles. The standard InChI is InChI=1S/C24BF20.C19H17FOP/c26-5-1(6(27)14(35)21(42)13(5)34)25(2-7(28)15(36)22(43)16(37)8(2)29,3-9(30)17(38)23(44)18(39)10(3)31)4-11(32)19(40)24(45)20(41)12(4)33;20-16-21-22(17-10-4-1-5-11-17,18-12-6-2-7-13-18)19-14-8-3-9-15-19/h;1-15H,16H2/q-1;+1. The summed E-state index contributed by atoms with van der Waals surface area (Å²) in [7, 11) is -2.43. The van der Waals surface area contributed by atoms with Crippen molar-refractivity contribution in [3.05, 3.63) is 207 Å². The number of alkyl halides is 1. The van der Waals surface area contributed by atoms with Gasteiger partial charge in [-0.15, -0.1) is 21.9 Å². The molecule has 0 atom stereocenters. The molecule has 0 aliphatic rings. The van der Waals surface area contributed by atoms with Crippen LogP contribution in [0.5, 0.6) is 0 Å². The molecule has 0 radical (unpaired) electrons. The molecule has 24 heteroatoms. The zero-order valence-corrected chi connectivity index (χ0v) is 33.1. The molecule has 0 spiro atoms. The lowest BCUT2D eigenvalue weighted by Crippen LogP contribution is -2.81. The summed E-state index contributed by atoms with van der Waals surface area (Å²) in [6, 6.07) is 29.8. The summed E-state index contributed by atoms with van der Waals surface area (Å²) >= 11 is 0. The van der Waals surface area contributed by atoms with Crippen LogP contribution in [0.15, 0.2) is 91.0 Å². The number of hydrogen-bond acceptors (Lipinski definition) is 1. The van der Waals surface area contributed by atoms with Crippen LogP contribution in [0.2, 0.25) is 0 Å². The minimum absolute atomic E-state index is 0.813. The second-order valence-corrected chi connectivity index (χ2v) is 16.7. The average Bonchev–Trinajstić information content (AvgIpc) is 3.34. The van der Waals surface area contributed by atoms with Gasteiger partial charge in [-0.05, 0) is 36.4 Å². The Balaban J connectivity index is 0.000000279. The van der Waals surface area contributed by atoms with Crippen LogP contribution < -0.4 is 37.8 Å². The SMILES string of the molecule is FCO[P+](c1ccccc1)(c1ccccc1)c1ccccc1.Fc1c(F)c(F)c([B-](c2c(F)c(F)c(F)c(F)c2F)(c2c(F)c(F)c(F)c(F)c2F)c2c(F)c(F)c(F)c(F)c2F)c(F)c1F. The maximum absolute atomic E-state index is 15.4. The molecule has 0 aliphatic carbocycles. The summed E-state index contributed by atoms with van der Waals surface area (Å²) < 4.78 is 313. The van der Waals surface area contributed by atoms with Crippen LogP contribution in [0.25, 0.3) is 0 Å². The molecule has 0 fully saturated rings. The van der Waals surface area contributed by atoms with Gasteiger partial charge in [0.1, 0.15) is 68.6 Å². The molecule has 7 aromatic rings. The third kappa shape index (κ3) is 7.74. The summed E-state index contributed by atoms with van der Waals surface area (Å²) in [4.78, 5) is 0. The van der Waals surface area contributed by atoms with Crippen molar-refractivity contribution in [3.8, 4) is 0 Å².